The Hall–Kier alpha value is -0.300. The molecule has 0 fully saturated rings. The van der Waals surface area contributed by atoms with E-state index in [1.54, 1.807) is 0 Å². The van der Waals surface area contributed by atoms with Crippen LogP contribution in [0.25, 0.3) is 0 Å². The minimum Gasteiger partial charge on any atom is -0.328 e. The maximum absolute atomic E-state index is 6.33. The Morgan fingerprint density at radius 3 is 0.892 bits per heavy atom. The Balaban J connectivity index is 3.16. The fraction of sp³-hybridized carbons (Fsp3) is 0.944. The SMILES string of the molecule is CCCCCCCCCCCCCC=CCCCCCCCCCCCC(N)CCCCCCCCC. The fourth-order valence-corrected chi connectivity index (χ4v) is 5.58. The van der Waals surface area contributed by atoms with Crippen LogP contribution in [0.3, 0.4) is 0 Å². The molecule has 37 heavy (non-hydrogen) atoms. The zero-order chi connectivity index (χ0) is 26.9. The molecule has 0 aromatic carbocycles. The van der Waals surface area contributed by atoms with Crippen molar-refractivity contribution < 1.29 is 0 Å². The molecule has 0 saturated carbocycles. The quantitative estimate of drug-likeness (QED) is 0.0693. The maximum Gasteiger partial charge on any atom is 0.00388 e. The summed E-state index contributed by atoms with van der Waals surface area (Å²) in [6.07, 6.45) is 48.5. The summed E-state index contributed by atoms with van der Waals surface area (Å²) in [5, 5.41) is 0. The van der Waals surface area contributed by atoms with Gasteiger partial charge in [0.1, 0.15) is 0 Å². The van der Waals surface area contributed by atoms with Crippen molar-refractivity contribution in [2.24, 2.45) is 5.73 Å². The van der Waals surface area contributed by atoms with Gasteiger partial charge in [-0.3, -0.25) is 0 Å². The summed E-state index contributed by atoms with van der Waals surface area (Å²) in [6.45, 7) is 4.59. The summed E-state index contributed by atoms with van der Waals surface area (Å²) in [7, 11) is 0. The van der Waals surface area contributed by atoms with E-state index >= 15 is 0 Å². The van der Waals surface area contributed by atoms with Crippen LogP contribution in [0.15, 0.2) is 12.2 Å². The van der Waals surface area contributed by atoms with Crippen LogP contribution in [-0.4, -0.2) is 6.04 Å². The zero-order valence-electron chi connectivity index (χ0n) is 26.2. The van der Waals surface area contributed by atoms with Crippen LogP contribution in [0, 0.1) is 0 Å². The maximum atomic E-state index is 6.33. The lowest BCUT2D eigenvalue weighted by Gasteiger charge is -2.11. The molecule has 1 heteroatoms. The molecular weight excluding hydrogens is 446 g/mol. The molecule has 0 rings (SSSR count). The molecule has 1 nitrogen and oxygen atoms in total. The van der Waals surface area contributed by atoms with Gasteiger partial charge >= 0.3 is 0 Å². The van der Waals surface area contributed by atoms with Crippen LogP contribution in [0.5, 0.6) is 0 Å². The molecule has 2 N–H and O–H groups in total. The van der Waals surface area contributed by atoms with E-state index in [-0.39, 0.29) is 0 Å². The van der Waals surface area contributed by atoms with Crippen molar-refractivity contribution in [3.8, 4) is 0 Å². The Morgan fingerprint density at radius 1 is 0.351 bits per heavy atom. The monoisotopic (exact) mass is 520 g/mol. The number of rotatable bonds is 32. The summed E-state index contributed by atoms with van der Waals surface area (Å²) in [5.74, 6) is 0. The molecule has 1 atom stereocenters. The van der Waals surface area contributed by atoms with Crippen molar-refractivity contribution in [1.29, 1.82) is 0 Å². The minimum atomic E-state index is 0.462. The fourth-order valence-electron chi connectivity index (χ4n) is 5.58. The zero-order valence-corrected chi connectivity index (χ0v) is 26.2. The van der Waals surface area contributed by atoms with Crippen molar-refractivity contribution in [1.82, 2.24) is 0 Å². The highest BCUT2D eigenvalue weighted by molar-refractivity contribution is 4.81. The normalized spacial score (nSPS) is 12.6. The third-order valence-corrected chi connectivity index (χ3v) is 8.27. The van der Waals surface area contributed by atoms with E-state index in [1.165, 1.54) is 199 Å². The van der Waals surface area contributed by atoms with Gasteiger partial charge in [0, 0.05) is 6.04 Å². The number of hydrogen-bond acceptors (Lipinski definition) is 1. The third kappa shape index (κ3) is 33.7. The lowest BCUT2D eigenvalue weighted by Crippen LogP contribution is -2.19. The predicted molar refractivity (Wildman–Crippen MR) is 172 cm³/mol. The van der Waals surface area contributed by atoms with Crippen molar-refractivity contribution >= 4 is 0 Å². The highest BCUT2D eigenvalue weighted by atomic mass is 14.6. The van der Waals surface area contributed by atoms with Gasteiger partial charge in [0.15, 0.2) is 0 Å². The van der Waals surface area contributed by atoms with Gasteiger partial charge in [0.25, 0.3) is 0 Å². The van der Waals surface area contributed by atoms with E-state index in [1.807, 2.05) is 0 Å². The van der Waals surface area contributed by atoms with E-state index in [2.05, 4.69) is 26.0 Å². The first-order chi connectivity index (χ1) is 18.3. The van der Waals surface area contributed by atoms with Gasteiger partial charge in [0.2, 0.25) is 0 Å². The van der Waals surface area contributed by atoms with E-state index in [4.69, 9.17) is 5.73 Å². The second-order valence-electron chi connectivity index (χ2n) is 12.2. The molecule has 0 amide bonds. The molecule has 0 aromatic rings. The predicted octanol–water partition coefficient (Wildman–Crippen LogP) is 13.0. The Morgan fingerprint density at radius 2 is 0.595 bits per heavy atom. The van der Waals surface area contributed by atoms with Crippen LogP contribution >= 0.6 is 0 Å². The number of nitrogens with two attached hydrogens (primary N) is 1. The summed E-state index contributed by atoms with van der Waals surface area (Å²) in [6, 6.07) is 0.462. The molecule has 0 saturated heterocycles. The number of allylic oxidation sites excluding steroid dienone is 2. The molecule has 0 radical (unpaired) electrons. The molecule has 1 unspecified atom stereocenters. The van der Waals surface area contributed by atoms with E-state index in [0.717, 1.165) is 0 Å². The summed E-state index contributed by atoms with van der Waals surface area (Å²) >= 11 is 0. The molecule has 0 aliphatic rings. The number of unbranched alkanes of at least 4 members (excludes halogenated alkanes) is 26. The average Bonchev–Trinajstić information content (AvgIpc) is 2.90. The van der Waals surface area contributed by atoms with Crippen LogP contribution in [-0.2, 0) is 0 Å². The first-order valence-electron chi connectivity index (χ1n) is 17.7. The Bertz CT molecular complexity index is 415. The second-order valence-corrected chi connectivity index (χ2v) is 12.2. The second kappa shape index (κ2) is 33.7. The molecule has 0 spiro atoms. The molecule has 0 aliphatic heterocycles. The van der Waals surface area contributed by atoms with E-state index < -0.39 is 0 Å². The summed E-state index contributed by atoms with van der Waals surface area (Å²) in [5.41, 5.74) is 6.33. The van der Waals surface area contributed by atoms with Gasteiger partial charge in [-0.25, -0.2) is 0 Å². The lowest BCUT2D eigenvalue weighted by atomic mass is 10.0. The van der Waals surface area contributed by atoms with Gasteiger partial charge in [-0.2, -0.15) is 0 Å². The van der Waals surface area contributed by atoms with Crippen LogP contribution in [0.1, 0.15) is 213 Å². The van der Waals surface area contributed by atoms with Crippen LogP contribution in [0.2, 0.25) is 0 Å². The van der Waals surface area contributed by atoms with Crippen molar-refractivity contribution in [3.05, 3.63) is 12.2 Å². The number of hydrogen-bond donors (Lipinski definition) is 1. The highest BCUT2D eigenvalue weighted by Gasteiger charge is 2.02. The van der Waals surface area contributed by atoms with E-state index in [9.17, 15) is 0 Å². The Labute approximate surface area is 236 Å². The van der Waals surface area contributed by atoms with Crippen molar-refractivity contribution in [3.63, 3.8) is 0 Å². The van der Waals surface area contributed by atoms with Gasteiger partial charge in [0.05, 0.1) is 0 Å². The highest BCUT2D eigenvalue weighted by Crippen LogP contribution is 2.15. The minimum absolute atomic E-state index is 0.462. The molecule has 0 aromatic heterocycles. The summed E-state index contributed by atoms with van der Waals surface area (Å²) < 4.78 is 0. The van der Waals surface area contributed by atoms with Gasteiger partial charge in [-0.1, -0.05) is 187 Å². The van der Waals surface area contributed by atoms with Gasteiger partial charge in [-0.15, -0.1) is 0 Å². The molecular formula is C36H73N. The smallest absolute Gasteiger partial charge is 0.00388 e. The topological polar surface area (TPSA) is 26.0 Å². The average molecular weight is 520 g/mol. The molecule has 222 valence electrons. The lowest BCUT2D eigenvalue weighted by molar-refractivity contribution is 0.480. The van der Waals surface area contributed by atoms with E-state index in [0.29, 0.717) is 6.04 Å². The van der Waals surface area contributed by atoms with Crippen LogP contribution in [0.4, 0.5) is 0 Å². The van der Waals surface area contributed by atoms with Crippen molar-refractivity contribution in [2.45, 2.75) is 219 Å². The summed E-state index contributed by atoms with van der Waals surface area (Å²) in [4.78, 5) is 0. The Kier molecular flexibility index (Phi) is 33.5. The largest absolute Gasteiger partial charge is 0.328 e. The molecule has 0 heterocycles. The first-order valence-corrected chi connectivity index (χ1v) is 17.7. The third-order valence-electron chi connectivity index (χ3n) is 8.27. The van der Waals surface area contributed by atoms with Gasteiger partial charge < -0.3 is 5.73 Å². The molecule has 0 bridgehead atoms. The first kappa shape index (κ1) is 36.7. The van der Waals surface area contributed by atoms with Crippen molar-refractivity contribution in [2.75, 3.05) is 0 Å². The standard InChI is InChI=1S/C36H73N/c1-3-5-7-9-11-12-13-14-15-16-17-18-19-20-21-22-23-24-25-26-27-29-31-33-35-36(37)34-32-30-28-10-8-6-4-2/h19-20,36H,3-18,21-35,37H2,1-2H3. The van der Waals surface area contributed by atoms with Crippen LogP contribution < -0.4 is 5.73 Å². The van der Waals surface area contributed by atoms with Gasteiger partial charge in [-0.05, 0) is 38.5 Å². The molecule has 0 aliphatic carbocycles.